The van der Waals surface area contributed by atoms with E-state index in [0.29, 0.717) is 12.2 Å². The van der Waals surface area contributed by atoms with Gasteiger partial charge in [-0.1, -0.05) is 51.4 Å². The molecule has 0 unspecified atom stereocenters. The molecule has 3 heterocycles. The molecular formula is C25H35N3O3. The topological polar surface area (TPSA) is 67.5 Å². The number of carbonyl (C=O) groups is 2. The second kappa shape index (κ2) is 8.36. The molecule has 0 bridgehead atoms. The van der Waals surface area contributed by atoms with E-state index in [1.54, 1.807) is 6.26 Å². The first kappa shape index (κ1) is 20.7. The van der Waals surface area contributed by atoms with Crippen LogP contribution in [0.3, 0.4) is 0 Å². The Morgan fingerprint density at radius 2 is 1.68 bits per heavy atom. The minimum atomic E-state index is -0.891. The lowest BCUT2D eigenvalue weighted by atomic mass is 9.86. The highest BCUT2D eigenvalue weighted by molar-refractivity contribution is 6.03. The molecule has 168 valence electrons. The van der Waals surface area contributed by atoms with Gasteiger partial charge >= 0.3 is 0 Å². The number of furan rings is 1. The highest BCUT2D eigenvalue weighted by atomic mass is 16.3. The number of hydrogen-bond acceptors (Lipinski definition) is 3. The molecule has 3 aliphatic rings. The third-order valence-corrected chi connectivity index (χ3v) is 7.83. The maximum Gasteiger partial charge on any atom is 0.271 e. The van der Waals surface area contributed by atoms with Gasteiger partial charge in [-0.05, 0) is 32.6 Å². The van der Waals surface area contributed by atoms with E-state index in [2.05, 4.69) is 5.32 Å². The summed E-state index contributed by atoms with van der Waals surface area (Å²) in [6.07, 6.45) is 15.3. The molecule has 1 N–H and O–H groups in total. The van der Waals surface area contributed by atoms with E-state index in [1.165, 1.54) is 38.5 Å². The Labute approximate surface area is 184 Å². The Balaban J connectivity index is 1.48. The van der Waals surface area contributed by atoms with Crippen LogP contribution in [-0.2, 0) is 11.3 Å². The van der Waals surface area contributed by atoms with Crippen LogP contribution in [0.2, 0.25) is 0 Å². The van der Waals surface area contributed by atoms with Gasteiger partial charge in [0.1, 0.15) is 11.2 Å². The Morgan fingerprint density at radius 3 is 2.42 bits per heavy atom. The normalized spacial score (nSPS) is 26.5. The maximum absolute atomic E-state index is 13.8. The monoisotopic (exact) mass is 425 g/mol. The van der Waals surface area contributed by atoms with Crippen molar-refractivity contribution in [1.82, 2.24) is 14.8 Å². The zero-order chi connectivity index (χ0) is 21.4. The molecule has 0 aromatic carbocycles. The summed E-state index contributed by atoms with van der Waals surface area (Å²) in [6.45, 7) is 2.46. The Bertz CT molecular complexity index is 947. The predicted molar refractivity (Wildman–Crippen MR) is 120 cm³/mol. The van der Waals surface area contributed by atoms with Crippen molar-refractivity contribution in [3.63, 3.8) is 0 Å². The molecule has 2 aromatic rings. The fraction of sp³-hybridized carbons (Fsp3) is 0.680. The molecule has 0 saturated heterocycles. The van der Waals surface area contributed by atoms with Crippen LogP contribution in [0.25, 0.3) is 11.1 Å². The molecule has 2 saturated carbocycles. The summed E-state index contributed by atoms with van der Waals surface area (Å²) in [6, 6.07) is 4.09. The van der Waals surface area contributed by atoms with Crippen LogP contribution in [0.5, 0.6) is 0 Å². The van der Waals surface area contributed by atoms with Gasteiger partial charge in [0.25, 0.3) is 5.91 Å². The van der Waals surface area contributed by atoms with Crippen LogP contribution < -0.4 is 5.32 Å². The molecule has 2 fully saturated rings. The lowest BCUT2D eigenvalue weighted by Gasteiger charge is -2.49. The average Bonchev–Trinajstić information content (AvgIpc) is 3.33. The van der Waals surface area contributed by atoms with Crippen molar-refractivity contribution in [3.05, 3.63) is 24.1 Å². The van der Waals surface area contributed by atoms with Crippen LogP contribution in [0.15, 0.2) is 22.8 Å². The van der Waals surface area contributed by atoms with Gasteiger partial charge in [0, 0.05) is 24.2 Å². The smallest absolute Gasteiger partial charge is 0.271 e. The van der Waals surface area contributed by atoms with Gasteiger partial charge in [-0.15, -0.1) is 0 Å². The summed E-state index contributed by atoms with van der Waals surface area (Å²) in [5, 5.41) is 3.38. The molecule has 6 nitrogen and oxygen atoms in total. The lowest BCUT2D eigenvalue weighted by molar-refractivity contribution is -0.135. The van der Waals surface area contributed by atoms with Crippen LogP contribution in [0, 0.1) is 0 Å². The zero-order valence-electron chi connectivity index (χ0n) is 18.7. The third-order valence-electron chi connectivity index (χ3n) is 7.83. The first-order chi connectivity index (χ1) is 15.1. The van der Waals surface area contributed by atoms with E-state index < -0.39 is 5.54 Å². The molecular weight excluding hydrogens is 390 g/mol. The van der Waals surface area contributed by atoms with Crippen molar-refractivity contribution in [3.8, 4) is 0 Å². The lowest BCUT2D eigenvalue weighted by Crippen LogP contribution is -2.67. The minimum absolute atomic E-state index is 0.00740. The Hall–Kier alpha value is -2.24. The standard InChI is InChI=1S/C25H35N3O3/c1-25(24(30)26-18-10-6-3-2-4-7-11-18)17-27-20-14-15-31-22(20)16-21(27)23(29)28(25)19-12-8-5-9-13-19/h14-16,18-19H,2-13,17H2,1H3,(H,26,30)/t25-/m0/s1. The summed E-state index contributed by atoms with van der Waals surface area (Å²) in [7, 11) is 0. The van der Waals surface area contributed by atoms with Gasteiger partial charge in [-0.3, -0.25) is 9.59 Å². The van der Waals surface area contributed by atoms with Gasteiger partial charge in [-0.25, -0.2) is 0 Å². The van der Waals surface area contributed by atoms with Crippen molar-refractivity contribution in [1.29, 1.82) is 0 Å². The third kappa shape index (κ3) is 3.68. The largest absolute Gasteiger partial charge is 0.463 e. The quantitative estimate of drug-likeness (QED) is 0.752. The predicted octanol–water partition coefficient (Wildman–Crippen LogP) is 5.01. The average molecular weight is 426 g/mol. The summed E-state index contributed by atoms with van der Waals surface area (Å²) in [5.74, 6) is -0.0205. The Morgan fingerprint density at radius 1 is 1.03 bits per heavy atom. The molecule has 5 rings (SSSR count). The van der Waals surface area contributed by atoms with Gasteiger partial charge in [0.15, 0.2) is 5.58 Å². The number of rotatable bonds is 3. The van der Waals surface area contributed by atoms with Crippen molar-refractivity contribution in [2.75, 3.05) is 0 Å². The molecule has 0 spiro atoms. The number of amides is 2. The number of fused-ring (bicyclic) bond motifs is 3. The van der Waals surface area contributed by atoms with Crippen LogP contribution in [-0.4, -0.2) is 38.9 Å². The van der Waals surface area contributed by atoms with Crippen molar-refractivity contribution in [2.45, 2.75) is 108 Å². The summed E-state index contributed by atoms with van der Waals surface area (Å²) < 4.78 is 7.58. The van der Waals surface area contributed by atoms with E-state index in [0.717, 1.165) is 49.6 Å². The second-order valence-electron chi connectivity index (χ2n) is 10.0. The Kier molecular flexibility index (Phi) is 5.57. The van der Waals surface area contributed by atoms with Gasteiger partial charge in [0.2, 0.25) is 5.91 Å². The molecule has 2 amide bonds. The fourth-order valence-electron chi connectivity index (χ4n) is 6.09. The number of aromatic nitrogens is 1. The van der Waals surface area contributed by atoms with Gasteiger partial charge in [0.05, 0.1) is 18.3 Å². The molecule has 31 heavy (non-hydrogen) atoms. The van der Waals surface area contributed by atoms with Crippen molar-refractivity contribution < 1.29 is 14.0 Å². The maximum atomic E-state index is 13.8. The highest BCUT2D eigenvalue weighted by Gasteiger charge is 2.51. The molecule has 2 aliphatic carbocycles. The zero-order valence-corrected chi connectivity index (χ0v) is 18.7. The molecule has 2 aromatic heterocycles. The first-order valence-corrected chi connectivity index (χ1v) is 12.3. The first-order valence-electron chi connectivity index (χ1n) is 12.3. The van der Waals surface area contributed by atoms with E-state index in [4.69, 9.17) is 4.42 Å². The van der Waals surface area contributed by atoms with Gasteiger partial charge < -0.3 is 19.2 Å². The van der Waals surface area contributed by atoms with E-state index in [9.17, 15) is 9.59 Å². The minimum Gasteiger partial charge on any atom is -0.463 e. The number of carbonyl (C=O) groups excluding carboxylic acids is 2. The van der Waals surface area contributed by atoms with E-state index in [-0.39, 0.29) is 23.9 Å². The fourth-order valence-corrected chi connectivity index (χ4v) is 6.09. The van der Waals surface area contributed by atoms with Crippen molar-refractivity contribution in [2.24, 2.45) is 0 Å². The number of hydrogen-bond donors (Lipinski definition) is 1. The van der Waals surface area contributed by atoms with Gasteiger partial charge in [-0.2, -0.15) is 0 Å². The van der Waals surface area contributed by atoms with E-state index >= 15 is 0 Å². The second-order valence-corrected chi connectivity index (χ2v) is 10.0. The number of nitrogens with zero attached hydrogens (tertiary/aromatic N) is 2. The summed E-state index contributed by atoms with van der Waals surface area (Å²) in [4.78, 5) is 29.6. The molecule has 6 heteroatoms. The van der Waals surface area contributed by atoms with Crippen LogP contribution in [0.1, 0.15) is 94.5 Å². The van der Waals surface area contributed by atoms with Crippen molar-refractivity contribution >= 4 is 22.9 Å². The highest BCUT2D eigenvalue weighted by Crippen LogP contribution is 2.37. The molecule has 0 radical (unpaired) electrons. The molecule has 1 aliphatic heterocycles. The van der Waals surface area contributed by atoms with E-state index in [1.807, 2.05) is 28.5 Å². The number of nitrogens with one attached hydrogen (secondary N) is 1. The van der Waals surface area contributed by atoms with Crippen LogP contribution >= 0.6 is 0 Å². The van der Waals surface area contributed by atoms with Crippen LogP contribution in [0.4, 0.5) is 0 Å². The summed E-state index contributed by atoms with van der Waals surface area (Å²) >= 11 is 0. The molecule has 1 atom stereocenters. The SMILES string of the molecule is C[C@@]1(C(=O)NC2CCCCCCC2)Cn2c(cc3occc32)C(=O)N1C1CCCCC1. The summed E-state index contributed by atoms with van der Waals surface area (Å²) in [5.41, 5.74) is 1.38.